The molecule has 0 spiro atoms. The molecule has 8 nitrogen and oxygen atoms in total. The highest BCUT2D eigenvalue weighted by Gasteiger charge is 2.35. The molecular formula is C25H25ClN4O4S. The number of carbonyl (C=O) groups is 2. The number of carbonyl (C=O) groups excluding carboxylic acids is 2. The van der Waals surface area contributed by atoms with E-state index in [1.165, 1.54) is 18.9 Å². The number of nitrogens with one attached hydrogen (secondary N) is 1. The Morgan fingerprint density at radius 1 is 1.14 bits per heavy atom. The molecule has 2 aromatic carbocycles. The number of fused-ring (bicyclic) bond motifs is 1. The first-order chi connectivity index (χ1) is 16.8. The van der Waals surface area contributed by atoms with Crippen LogP contribution in [0.25, 0.3) is 0 Å². The minimum Gasteiger partial charge on any atom is -0.465 e. The van der Waals surface area contributed by atoms with E-state index in [0.717, 1.165) is 11.1 Å². The maximum atomic E-state index is 13.1. The number of thioether (sulfide) groups is 1. The maximum Gasteiger partial charge on any atom is 0.338 e. The molecular weight excluding hydrogens is 488 g/mol. The fourth-order valence-corrected chi connectivity index (χ4v) is 4.83. The van der Waals surface area contributed by atoms with Crippen LogP contribution in [-0.4, -0.2) is 39.9 Å². The predicted molar refractivity (Wildman–Crippen MR) is 135 cm³/mol. The van der Waals surface area contributed by atoms with E-state index in [2.05, 4.69) is 10.3 Å². The molecule has 0 saturated carbocycles. The van der Waals surface area contributed by atoms with Crippen LogP contribution in [0, 0.1) is 0 Å². The van der Waals surface area contributed by atoms with Crippen LogP contribution in [0.4, 0.5) is 5.95 Å². The van der Waals surface area contributed by atoms with Gasteiger partial charge in [-0.25, -0.2) is 14.3 Å². The first-order valence-electron chi connectivity index (χ1n) is 11.0. The number of benzene rings is 2. The van der Waals surface area contributed by atoms with Crippen molar-refractivity contribution in [2.75, 3.05) is 12.4 Å². The summed E-state index contributed by atoms with van der Waals surface area (Å²) in [5.74, 6) is 0.217. The van der Waals surface area contributed by atoms with Gasteiger partial charge < -0.3 is 14.8 Å². The van der Waals surface area contributed by atoms with Crippen molar-refractivity contribution in [1.82, 2.24) is 14.8 Å². The van der Waals surface area contributed by atoms with Crippen molar-refractivity contribution in [2.24, 2.45) is 0 Å². The fourth-order valence-electron chi connectivity index (χ4n) is 3.72. The first kappa shape index (κ1) is 24.8. The van der Waals surface area contributed by atoms with E-state index in [0.29, 0.717) is 38.7 Å². The van der Waals surface area contributed by atoms with Crippen molar-refractivity contribution in [3.63, 3.8) is 0 Å². The third kappa shape index (κ3) is 5.36. The van der Waals surface area contributed by atoms with Crippen molar-refractivity contribution in [3.8, 4) is 0 Å². The molecule has 0 aliphatic carbocycles. The molecule has 35 heavy (non-hydrogen) atoms. The lowest BCUT2D eigenvalue weighted by atomic mass is 9.95. The zero-order valence-corrected chi connectivity index (χ0v) is 21.3. The Hall–Kier alpha value is -3.30. The molecule has 1 N–H and O–H groups in total. The normalized spacial score (nSPS) is 15.0. The lowest BCUT2D eigenvalue weighted by Gasteiger charge is -2.28. The summed E-state index contributed by atoms with van der Waals surface area (Å²) in [7, 11) is 1.33. The fraction of sp³-hybridized carbons (Fsp3) is 0.280. The van der Waals surface area contributed by atoms with Crippen molar-refractivity contribution < 1.29 is 19.1 Å². The van der Waals surface area contributed by atoms with Crippen molar-refractivity contribution >= 4 is 41.2 Å². The number of methoxy groups -OCH3 is 1. The molecule has 1 aromatic heterocycles. The Morgan fingerprint density at radius 2 is 1.86 bits per heavy atom. The van der Waals surface area contributed by atoms with Crippen LogP contribution in [-0.2, 0) is 20.0 Å². The van der Waals surface area contributed by atoms with Crippen LogP contribution in [0.15, 0.2) is 65.0 Å². The predicted octanol–water partition coefficient (Wildman–Crippen LogP) is 5.25. The summed E-state index contributed by atoms with van der Waals surface area (Å²) in [5.41, 5.74) is 3.19. The molecule has 10 heteroatoms. The smallest absolute Gasteiger partial charge is 0.338 e. The molecule has 0 fully saturated rings. The van der Waals surface area contributed by atoms with Gasteiger partial charge in [-0.3, -0.25) is 0 Å². The summed E-state index contributed by atoms with van der Waals surface area (Å²) in [6, 6.07) is 13.9. The van der Waals surface area contributed by atoms with Gasteiger partial charge in [0.2, 0.25) is 11.1 Å². The van der Waals surface area contributed by atoms with Crippen molar-refractivity contribution in [3.05, 3.63) is 81.5 Å². The SMILES string of the molecule is COC(=O)c1ccc(C2C(C(=O)OC(C)C)=C(C)Nc3nc(SCc4ccccc4Cl)nn32)cc1. The quantitative estimate of drug-likeness (QED) is 0.339. The molecule has 2 heterocycles. The molecule has 3 aromatic rings. The van der Waals surface area contributed by atoms with E-state index in [4.69, 9.17) is 26.2 Å². The average molecular weight is 513 g/mol. The maximum absolute atomic E-state index is 13.1. The third-order valence-electron chi connectivity index (χ3n) is 5.36. The largest absolute Gasteiger partial charge is 0.465 e. The molecule has 182 valence electrons. The Bertz CT molecular complexity index is 1290. The summed E-state index contributed by atoms with van der Waals surface area (Å²) in [6.07, 6.45) is -0.288. The zero-order valence-electron chi connectivity index (χ0n) is 19.7. The lowest BCUT2D eigenvalue weighted by Crippen LogP contribution is -2.30. The van der Waals surface area contributed by atoms with Gasteiger partial charge in [-0.2, -0.15) is 4.98 Å². The van der Waals surface area contributed by atoms with E-state index in [1.807, 2.05) is 31.2 Å². The minimum atomic E-state index is -0.591. The number of hydrogen-bond acceptors (Lipinski definition) is 8. The van der Waals surface area contributed by atoms with Gasteiger partial charge in [-0.1, -0.05) is 53.7 Å². The second-order valence-corrected chi connectivity index (χ2v) is 9.53. The second-order valence-electron chi connectivity index (χ2n) is 8.18. The first-order valence-corrected chi connectivity index (χ1v) is 12.3. The van der Waals surface area contributed by atoms with Gasteiger partial charge in [0.05, 0.1) is 24.4 Å². The average Bonchev–Trinajstić information content (AvgIpc) is 3.24. The number of rotatable bonds is 7. The highest BCUT2D eigenvalue weighted by atomic mass is 35.5. The van der Waals surface area contributed by atoms with Gasteiger partial charge in [0.15, 0.2) is 0 Å². The van der Waals surface area contributed by atoms with Crippen LogP contribution in [0.5, 0.6) is 0 Å². The van der Waals surface area contributed by atoms with E-state index in [9.17, 15) is 9.59 Å². The molecule has 1 aliphatic heterocycles. The second kappa shape index (κ2) is 10.5. The lowest BCUT2D eigenvalue weighted by molar-refractivity contribution is -0.143. The van der Waals surface area contributed by atoms with Gasteiger partial charge in [-0.05, 0) is 50.1 Å². The monoisotopic (exact) mass is 512 g/mol. The summed E-state index contributed by atoms with van der Waals surface area (Å²) < 4.78 is 12.0. The molecule has 0 amide bonds. The number of hydrogen-bond donors (Lipinski definition) is 1. The number of aromatic nitrogens is 3. The minimum absolute atomic E-state index is 0.288. The number of halogens is 1. The molecule has 0 bridgehead atoms. The number of allylic oxidation sites excluding steroid dienone is 1. The van der Waals surface area contributed by atoms with Crippen LogP contribution < -0.4 is 5.32 Å². The topological polar surface area (TPSA) is 95.3 Å². The Morgan fingerprint density at radius 3 is 2.51 bits per heavy atom. The molecule has 1 aliphatic rings. The highest BCUT2D eigenvalue weighted by molar-refractivity contribution is 7.98. The molecule has 0 radical (unpaired) electrons. The van der Waals surface area contributed by atoms with Crippen LogP contribution in [0.1, 0.15) is 48.3 Å². The van der Waals surface area contributed by atoms with E-state index in [-0.39, 0.29) is 6.10 Å². The van der Waals surface area contributed by atoms with Gasteiger partial charge in [-0.15, -0.1) is 5.10 Å². The Kier molecular flexibility index (Phi) is 7.47. The number of ether oxygens (including phenoxy) is 2. The Labute approximate surface area is 212 Å². The third-order valence-corrected chi connectivity index (χ3v) is 6.61. The number of esters is 2. The van der Waals surface area contributed by atoms with E-state index in [1.54, 1.807) is 42.8 Å². The molecule has 1 unspecified atom stereocenters. The summed E-state index contributed by atoms with van der Waals surface area (Å²) >= 11 is 7.74. The van der Waals surface area contributed by atoms with Gasteiger partial charge in [0.1, 0.15) is 6.04 Å². The number of anilines is 1. The molecule has 4 rings (SSSR count). The summed E-state index contributed by atoms with van der Waals surface area (Å²) in [6.45, 7) is 5.41. The van der Waals surface area contributed by atoms with E-state index >= 15 is 0 Å². The van der Waals surface area contributed by atoms with Crippen LogP contribution in [0.3, 0.4) is 0 Å². The molecule has 0 saturated heterocycles. The van der Waals surface area contributed by atoms with Crippen LogP contribution in [0.2, 0.25) is 5.02 Å². The number of nitrogens with zero attached hydrogens (tertiary/aromatic N) is 3. The van der Waals surface area contributed by atoms with Gasteiger partial charge >= 0.3 is 11.9 Å². The zero-order chi connectivity index (χ0) is 25.1. The standard InChI is InChI=1S/C25H25ClN4O4S/c1-14(2)34-23(32)20-15(3)27-24-28-25(35-13-18-7-5-6-8-19(18)26)29-30(24)21(20)16-9-11-17(12-10-16)22(31)33-4/h5-12,14,21H,13H2,1-4H3,(H,27,28,29). The summed E-state index contributed by atoms with van der Waals surface area (Å²) in [5, 5.41) is 9.11. The van der Waals surface area contributed by atoms with E-state index < -0.39 is 18.0 Å². The highest BCUT2D eigenvalue weighted by Crippen LogP contribution is 2.37. The van der Waals surface area contributed by atoms with Crippen LogP contribution >= 0.6 is 23.4 Å². The van der Waals surface area contributed by atoms with Gasteiger partial charge in [0, 0.05) is 16.5 Å². The molecule has 1 atom stereocenters. The van der Waals surface area contributed by atoms with Gasteiger partial charge in [0.25, 0.3) is 0 Å². The van der Waals surface area contributed by atoms with Crippen molar-refractivity contribution in [2.45, 2.75) is 43.8 Å². The summed E-state index contributed by atoms with van der Waals surface area (Å²) in [4.78, 5) is 29.7. The Balaban J connectivity index is 1.71. The van der Waals surface area contributed by atoms with Crippen molar-refractivity contribution in [1.29, 1.82) is 0 Å².